The molecule has 158 valence electrons. The molecule has 0 saturated carbocycles. The number of aryl methyl sites for hydroxylation is 2. The van der Waals surface area contributed by atoms with Gasteiger partial charge in [-0.2, -0.15) is 18.3 Å². The lowest BCUT2D eigenvalue weighted by molar-refractivity contribution is -0.137. The maximum absolute atomic E-state index is 13.1. The molecule has 3 rings (SSSR count). The fourth-order valence-electron chi connectivity index (χ4n) is 3.21. The van der Waals surface area contributed by atoms with Gasteiger partial charge in [-0.05, 0) is 36.6 Å². The second kappa shape index (κ2) is 8.71. The molecule has 2 aromatic carbocycles. The summed E-state index contributed by atoms with van der Waals surface area (Å²) in [5, 5.41) is 14.9. The third kappa shape index (κ3) is 4.88. The molecule has 0 unspecified atom stereocenters. The van der Waals surface area contributed by atoms with Crippen molar-refractivity contribution in [2.75, 3.05) is 11.4 Å². The van der Waals surface area contributed by atoms with Crippen molar-refractivity contribution in [1.29, 1.82) is 0 Å². The van der Waals surface area contributed by atoms with Crippen LogP contribution in [0.2, 0.25) is 0 Å². The number of amides is 1. The number of alkyl halides is 3. The van der Waals surface area contributed by atoms with Gasteiger partial charge in [-0.3, -0.25) is 14.4 Å². The average molecular weight is 417 g/mol. The maximum atomic E-state index is 13.1. The average Bonchev–Trinajstić information content (AvgIpc) is 3.05. The van der Waals surface area contributed by atoms with E-state index in [0.29, 0.717) is 29.1 Å². The molecule has 0 fully saturated rings. The van der Waals surface area contributed by atoms with E-state index in [1.54, 1.807) is 50.4 Å². The molecule has 30 heavy (non-hydrogen) atoms. The summed E-state index contributed by atoms with van der Waals surface area (Å²) in [4.78, 5) is 14.5. The van der Waals surface area contributed by atoms with Gasteiger partial charge in [0.1, 0.15) is 5.82 Å². The standard InChI is InChI=1S/C22H22F3N3O2/c1-15-14-19(27(2)26-15)28(21(30)20(29)17-6-4-3-5-7-17)13-12-16-8-10-18(11-9-16)22(23,24)25/h3-11,14,20,29H,12-13H2,1-2H3/t20-/m1/s1. The van der Waals surface area contributed by atoms with Crippen molar-refractivity contribution >= 4 is 11.7 Å². The Morgan fingerprint density at radius 3 is 2.30 bits per heavy atom. The molecule has 1 amide bonds. The summed E-state index contributed by atoms with van der Waals surface area (Å²) in [7, 11) is 1.69. The minimum atomic E-state index is -4.40. The number of benzene rings is 2. The van der Waals surface area contributed by atoms with Crippen molar-refractivity contribution in [3.8, 4) is 0 Å². The Labute approximate surface area is 172 Å². The van der Waals surface area contributed by atoms with Crippen LogP contribution in [-0.4, -0.2) is 27.3 Å². The number of aliphatic hydroxyl groups excluding tert-OH is 1. The minimum absolute atomic E-state index is 0.174. The third-order valence-corrected chi connectivity index (χ3v) is 4.77. The van der Waals surface area contributed by atoms with E-state index in [2.05, 4.69) is 5.10 Å². The van der Waals surface area contributed by atoms with Crippen LogP contribution in [0.4, 0.5) is 19.0 Å². The van der Waals surface area contributed by atoms with E-state index >= 15 is 0 Å². The molecule has 0 aliphatic carbocycles. The third-order valence-electron chi connectivity index (χ3n) is 4.77. The van der Waals surface area contributed by atoms with E-state index in [-0.39, 0.29) is 6.54 Å². The molecular weight excluding hydrogens is 395 g/mol. The highest BCUT2D eigenvalue weighted by Gasteiger charge is 2.30. The monoisotopic (exact) mass is 417 g/mol. The van der Waals surface area contributed by atoms with Crippen LogP contribution >= 0.6 is 0 Å². The Hall–Kier alpha value is -3.13. The molecule has 1 heterocycles. The molecule has 5 nitrogen and oxygen atoms in total. The zero-order valence-corrected chi connectivity index (χ0v) is 16.6. The Kier molecular flexibility index (Phi) is 6.26. The summed E-state index contributed by atoms with van der Waals surface area (Å²) in [6.45, 7) is 1.96. The minimum Gasteiger partial charge on any atom is -0.378 e. The van der Waals surface area contributed by atoms with Crippen molar-refractivity contribution in [3.05, 3.63) is 83.0 Å². The van der Waals surface area contributed by atoms with Gasteiger partial charge in [-0.25, -0.2) is 0 Å². The molecule has 0 aliphatic rings. The predicted molar refractivity (Wildman–Crippen MR) is 107 cm³/mol. The van der Waals surface area contributed by atoms with Crippen LogP contribution in [0.25, 0.3) is 0 Å². The van der Waals surface area contributed by atoms with Crippen LogP contribution in [0, 0.1) is 6.92 Å². The fourth-order valence-corrected chi connectivity index (χ4v) is 3.21. The Balaban J connectivity index is 1.83. The van der Waals surface area contributed by atoms with E-state index in [1.165, 1.54) is 21.7 Å². The molecule has 0 spiro atoms. The first-order chi connectivity index (χ1) is 14.2. The van der Waals surface area contributed by atoms with Gasteiger partial charge in [-0.1, -0.05) is 42.5 Å². The number of aromatic nitrogens is 2. The van der Waals surface area contributed by atoms with E-state index in [1.807, 2.05) is 0 Å². The summed E-state index contributed by atoms with van der Waals surface area (Å²) in [5.41, 5.74) is 1.09. The van der Waals surface area contributed by atoms with E-state index in [4.69, 9.17) is 0 Å². The van der Waals surface area contributed by atoms with Gasteiger partial charge in [-0.15, -0.1) is 0 Å². The van der Waals surface area contributed by atoms with E-state index < -0.39 is 23.8 Å². The number of halogens is 3. The lowest BCUT2D eigenvalue weighted by atomic mass is 10.1. The molecule has 3 aromatic rings. The summed E-state index contributed by atoms with van der Waals surface area (Å²) in [6.07, 6.45) is -5.45. The summed E-state index contributed by atoms with van der Waals surface area (Å²) < 4.78 is 39.8. The molecular formula is C22H22F3N3O2. The number of hydrogen-bond donors (Lipinski definition) is 1. The van der Waals surface area contributed by atoms with Crippen LogP contribution in [0.15, 0.2) is 60.7 Å². The number of aliphatic hydroxyl groups is 1. The van der Waals surface area contributed by atoms with Crippen LogP contribution in [0.1, 0.15) is 28.5 Å². The number of hydrogen-bond acceptors (Lipinski definition) is 3. The first-order valence-electron chi connectivity index (χ1n) is 9.38. The first-order valence-corrected chi connectivity index (χ1v) is 9.38. The summed E-state index contributed by atoms with van der Waals surface area (Å²) in [6, 6.07) is 15.1. The molecule has 0 saturated heterocycles. The zero-order chi connectivity index (χ0) is 21.9. The largest absolute Gasteiger partial charge is 0.416 e. The van der Waals surface area contributed by atoms with Crippen molar-refractivity contribution < 1.29 is 23.1 Å². The predicted octanol–water partition coefficient (Wildman–Crippen LogP) is 4.06. The van der Waals surface area contributed by atoms with Gasteiger partial charge in [0, 0.05) is 19.7 Å². The highest BCUT2D eigenvalue weighted by Crippen LogP contribution is 2.29. The van der Waals surface area contributed by atoms with Crippen molar-refractivity contribution in [2.24, 2.45) is 7.05 Å². The topological polar surface area (TPSA) is 58.4 Å². The van der Waals surface area contributed by atoms with Crippen molar-refractivity contribution in [1.82, 2.24) is 9.78 Å². The number of rotatable bonds is 6. The quantitative estimate of drug-likeness (QED) is 0.658. The summed E-state index contributed by atoms with van der Waals surface area (Å²) >= 11 is 0. The highest BCUT2D eigenvalue weighted by molar-refractivity contribution is 5.96. The second-order valence-electron chi connectivity index (χ2n) is 7.02. The Bertz CT molecular complexity index is 999. The Morgan fingerprint density at radius 1 is 1.13 bits per heavy atom. The van der Waals surface area contributed by atoms with Crippen molar-refractivity contribution in [2.45, 2.75) is 25.6 Å². The van der Waals surface area contributed by atoms with Gasteiger partial charge in [0.2, 0.25) is 0 Å². The van der Waals surface area contributed by atoms with Crippen molar-refractivity contribution in [3.63, 3.8) is 0 Å². The number of carbonyl (C=O) groups excluding carboxylic acids is 1. The molecule has 1 N–H and O–H groups in total. The van der Waals surface area contributed by atoms with Gasteiger partial charge >= 0.3 is 6.18 Å². The van der Waals surface area contributed by atoms with Crippen LogP contribution in [0.5, 0.6) is 0 Å². The van der Waals surface area contributed by atoms with E-state index in [9.17, 15) is 23.1 Å². The SMILES string of the molecule is Cc1cc(N(CCc2ccc(C(F)(F)F)cc2)C(=O)[C@H](O)c2ccccc2)n(C)n1. The number of anilines is 1. The zero-order valence-electron chi connectivity index (χ0n) is 16.6. The van der Waals surface area contributed by atoms with Crippen LogP contribution in [0.3, 0.4) is 0 Å². The summed E-state index contributed by atoms with van der Waals surface area (Å²) in [5.74, 6) is -0.0319. The van der Waals surface area contributed by atoms with Gasteiger partial charge in [0.05, 0.1) is 11.3 Å². The van der Waals surface area contributed by atoms with Gasteiger partial charge < -0.3 is 5.11 Å². The van der Waals surface area contributed by atoms with Gasteiger partial charge in [0.15, 0.2) is 6.10 Å². The molecule has 0 bridgehead atoms. The Morgan fingerprint density at radius 2 is 1.77 bits per heavy atom. The number of nitrogens with zero attached hydrogens (tertiary/aromatic N) is 3. The highest BCUT2D eigenvalue weighted by atomic mass is 19.4. The molecule has 8 heteroatoms. The molecule has 1 aromatic heterocycles. The maximum Gasteiger partial charge on any atom is 0.416 e. The second-order valence-corrected chi connectivity index (χ2v) is 7.02. The fraction of sp³-hybridized carbons (Fsp3) is 0.273. The van der Waals surface area contributed by atoms with Gasteiger partial charge in [0.25, 0.3) is 5.91 Å². The smallest absolute Gasteiger partial charge is 0.378 e. The lowest BCUT2D eigenvalue weighted by Crippen LogP contribution is -2.38. The number of carbonyl (C=O) groups is 1. The lowest BCUT2D eigenvalue weighted by Gasteiger charge is -2.25. The van der Waals surface area contributed by atoms with Crippen LogP contribution < -0.4 is 4.90 Å². The molecule has 0 aliphatic heterocycles. The first kappa shape index (κ1) is 21.6. The molecule has 0 radical (unpaired) electrons. The normalized spacial score (nSPS) is 12.6. The van der Waals surface area contributed by atoms with Crippen LogP contribution in [-0.2, 0) is 24.4 Å². The molecule has 1 atom stereocenters. The van der Waals surface area contributed by atoms with E-state index in [0.717, 1.165) is 12.1 Å².